The van der Waals surface area contributed by atoms with Crippen LogP contribution in [0.5, 0.6) is 0 Å². The van der Waals surface area contributed by atoms with Crippen molar-refractivity contribution in [3.8, 4) is 0 Å². The smallest absolute Gasteiger partial charge is 0.290 e. The summed E-state index contributed by atoms with van der Waals surface area (Å²) in [5.74, 6) is 1.44. The number of pyridine rings is 1. The molecule has 2 heterocycles. The number of rotatable bonds is 4. The highest BCUT2D eigenvalue weighted by atomic mass is 16.6. The maximum atomic E-state index is 10.8. The second kappa shape index (κ2) is 5.97. The molecule has 0 amide bonds. The molecule has 6 nitrogen and oxygen atoms in total. The van der Waals surface area contributed by atoms with Gasteiger partial charge in [-0.1, -0.05) is 0 Å². The Hall–Kier alpha value is -1.69. The number of nitro groups is 1. The number of nitrogens with zero attached hydrogens (tertiary/aromatic N) is 3. The van der Waals surface area contributed by atoms with Crippen LogP contribution in [0.25, 0.3) is 0 Å². The first-order valence-electron chi connectivity index (χ1n) is 6.46. The highest BCUT2D eigenvalue weighted by Gasteiger charge is 2.21. The van der Waals surface area contributed by atoms with Gasteiger partial charge in [-0.2, -0.15) is 0 Å². The Bertz CT molecular complexity index is 456. The molecule has 2 rings (SSSR count). The lowest BCUT2D eigenvalue weighted by atomic mass is 9.98. The number of piperidine rings is 1. The molecule has 1 fully saturated rings. The Labute approximate surface area is 112 Å². The van der Waals surface area contributed by atoms with Gasteiger partial charge < -0.3 is 9.64 Å². The second-order valence-corrected chi connectivity index (χ2v) is 4.97. The minimum Gasteiger partial charge on any atom is -0.384 e. The molecule has 0 bridgehead atoms. The molecule has 0 aromatic carbocycles. The van der Waals surface area contributed by atoms with Gasteiger partial charge in [-0.15, -0.1) is 0 Å². The molecule has 19 heavy (non-hydrogen) atoms. The van der Waals surface area contributed by atoms with Crippen molar-refractivity contribution in [3.05, 3.63) is 27.9 Å². The van der Waals surface area contributed by atoms with Crippen LogP contribution in [0.15, 0.2) is 12.3 Å². The Balaban J connectivity index is 2.04. The van der Waals surface area contributed by atoms with E-state index >= 15 is 0 Å². The van der Waals surface area contributed by atoms with Gasteiger partial charge in [0.05, 0.1) is 4.92 Å². The molecule has 0 N–H and O–H groups in total. The van der Waals surface area contributed by atoms with Crippen molar-refractivity contribution in [1.29, 1.82) is 0 Å². The Kier molecular flexibility index (Phi) is 4.31. The van der Waals surface area contributed by atoms with E-state index in [2.05, 4.69) is 9.88 Å². The number of hydrogen-bond acceptors (Lipinski definition) is 5. The van der Waals surface area contributed by atoms with E-state index < -0.39 is 4.92 Å². The molecule has 1 aromatic heterocycles. The van der Waals surface area contributed by atoms with Gasteiger partial charge in [0.15, 0.2) is 0 Å². The van der Waals surface area contributed by atoms with Gasteiger partial charge in [0, 0.05) is 32.4 Å². The zero-order valence-corrected chi connectivity index (χ0v) is 11.3. The topological polar surface area (TPSA) is 68.5 Å². The van der Waals surface area contributed by atoms with Gasteiger partial charge >= 0.3 is 0 Å². The van der Waals surface area contributed by atoms with E-state index in [1.807, 2.05) is 0 Å². The van der Waals surface area contributed by atoms with E-state index in [4.69, 9.17) is 4.74 Å². The molecule has 0 unspecified atom stereocenters. The fraction of sp³-hybridized carbons (Fsp3) is 0.615. The zero-order chi connectivity index (χ0) is 13.8. The van der Waals surface area contributed by atoms with Crippen molar-refractivity contribution in [3.63, 3.8) is 0 Å². The number of aryl methyl sites for hydroxylation is 1. The lowest BCUT2D eigenvalue weighted by molar-refractivity contribution is -0.385. The van der Waals surface area contributed by atoms with Crippen LogP contribution in [0.3, 0.4) is 0 Å². The molecule has 0 atom stereocenters. The van der Waals surface area contributed by atoms with Crippen molar-refractivity contribution in [1.82, 2.24) is 4.98 Å². The number of methoxy groups -OCH3 is 1. The first-order chi connectivity index (χ1) is 9.11. The highest BCUT2D eigenvalue weighted by molar-refractivity contribution is 5.48. The second-order valence-electron chi connectivity index (χ2n) is 4.97. The fourth-order valence-electron chi connectivity index (χ4n) is 2.46. The predicted molar refractivity (Wildman–Crippen MR) is 72.4 cm³/mol. The van der Waals surface area contributed by atoms with Gasteiger partial charge in [-0.25, -0.2) is 4.98 Å². The molecule has 1 saturated heterocycles. The average Bonchev–Trinajstić information content (AvgIpc) is 2.39. The number of ether oxygens (including phenoxy) is 1. The molecule has 1 aromatic rings. The lowest BCUT2D eigenvalue weighted by Gasteiger charge is -2.32. The summed E-state index contributed by atoms with van der Waals surface area (Å²) >= 11 is 0. The van der Waals surface area contributed by atoms with E-state index in [1.165, 1.54) is 6.20 Å². The van der Waals surface area contributed by atoms with Crippen LogP contribution in [-0.2, 0) is 4.74 Å². The first-order valence-corrected chi connectivity index (χ1v) is 6.46. The van der Waals surface area contributed by atoms with Crippen molar-refractivity contribution < 1.29 is 9.66 Å². The van der Waals surface area contributed by atoms with Crippen LogP contribution < -0.4 is 4.90 Å². The average molecular weight is 265 g/mol. The third-order valence-electron chi connectivity index (χ3n) is 3.61. The minimum absolute atomic E-state index is 0.0815. The van der Waals surface area contributed by atoms with Gasteiger partial charge in [0.25, 0.3) is 5.69 Å². The SMILES string of the molecule is COCC1CCN(c2cc(C)c([N+](=O)[O-])cn2)CC1. The number of hydrogen-bond donors (Lipinski definition) is 0. The van der Waals surface area contributed by atoms with Crippen LogP contribution in [-0.4, -0.2) is 36.7 Å². The molecular formula is C13H19N3O3. The largest absolute Gasteiger partial charge is 0.384 e. The van der Waals surface area contributed by atoms with Crippen LogP contribution in [0.2, 0.25) is 0 Å². The summed E-state index contributed by atoms with van der Waals surface area (Å²) in [5, 5.41) is 10.8. The van der Waals surface area contributed by atoms with E-state index in [9.17, 15) is 10.1 Å². The lowest BCUT2D eigenvalue weighted by Crippen LogP contribution is -2.35. The van der Waals surface area contributed by atoms with E-state index in [0.717, 1.165) is 38.4 Å². The van der Waals surface area contributed by atoms with Crippen molar-refractivity contribution in [2.45, 2.75) is 19.8 Å². The van der Waals surface area contributed by atoms with Gasteiger partial charge in [-0.05, 0) is 31.7 Å². The molecule has 0 spiro atoms. The standard InChI is InChI=1S/C13H19N3O3/c1-10-7-13(14-8-12(10)16(17)18)15-5-3-11(4-6-15)9-19-2/h7-8,11H,3-6,9H2,1-2H3. The normalized spacial score (nSPS) is 16.6. The number of anilines is 1. The summed E-state index contributed by atoms with van der Waals surface area (Å²) in [6.07, 6.45) is 3.50. The Morgan fingerprint density at radius 2 is 2.21 bits per heavy atom. The van der Waals surface area contributed by atoms with Crippen molar-refractivity contribution in [2.24, 2.45) is 5.92 Å². The van der Waals surface area contributed by atoms with E-state index in [-0.39, 0.29) is 5.69 Å². The highest BCUT2D eigenvalue weighted by Crippen LogP contribution is 2.25. The van der Waals surface area contributed by atoms with Crippen molar-refractivity contribution >= 4 is 11.5 Å². The summed E-state index contributed by atoms with van der Waals surface area (Å²) in [5.41, 5.74) is 0.743. The van der Waals surface area contributed by atoms with Crippen LogP contribution in [0, 0.1) is 23.0 Å². The summed E-state index contributed by atoms with van der Waals surface area (Å²) in [6, 6.07) is 1.80. The number of aromatic nitrogens is 1. The summed E-state index contributed by atoms with van der Waals surface area (Å²) in [4.78, 5) is 16.8. The molecule has 1 aliphatic heterocycles. The minimum atomic E-state index is -0.392. The van der Waals surface area contributed by atoms with Crippen LogP contribution in [0.4, 0.5) is 11.5 Å². The predicted octanol–water partition coefficient (Wildman–Crippen LogP) is 2.16. The van der Waals surface area contributed by atoms with Gasteiger partial charge in [0.1, 0.15) is 12.0 Å². The Morgan fingerprint density at radius 1 is 1.53 bits per heavy atom. The fourth-order valence-corrected chi connectivity index (χ4v) is 2.46. The molecule has 0 aliphatic carbocycles. The van der Waals surface area contributed by atoms with E-state index in [1.54, 1.807) is 20.1 Å². The molecule has 104 valence electrons. The summed E-state index contributed by atoms with van der Waals surface area (Å²) < 4.78 is 5.17. The molecule has 6 heteroatoms. The van der Waals surface area contributed by atoms with Crippen LogP contribution in [0.1, 0.15) is 18.4 Å². The van der Waals surface area contributed by atoms with Gasteiger partial charge in [0.2, 0.25) is 0 Å². The third-order valence-corrected chi connectivity index (χ3v) is 3.61. The van der Waals surface area contributed by atoms with Crippen LogP contribution >= 0.6 is 0 Å². The summed E-state index contributed by atoms with van der Waals surface area (Å²) in [6.45, 7) is 4.41. The molecule has 0 radical (unpaired) electrons. The van der Waals surface area contributed by atoms with Crippen molar-refractivity contribution in [2.75, 3.05) is 31.7 Å². The third kappa shape index (κ3) is 3.20. The van der Waals surface area contributed by atoms with E-state index in [0.29, 0.717) is 11.5 Å². The maximum Gasteiger partial charge on any atom is 0.290 e. The first kappa shape index (κ1) is 13.7. The molecular weight excluding hydrogens is 246 g/mol. The summed E-state index contributed by atoms with van der Waals surface area (Å²) in [7, 11) is 1.73. The monoisotopic (exact) mass is 265 g/mol. The maximum absolute atomic E-state index is 10.8. The Morgan fingerprint density at radius 3 is 2.74 bits per heavy atom. The molecule has 0 saturated carbocycles. The zero-order valence-electron chi connectivity index (χ0n) is 11.3. The molecule has 1 aliphatic rings. The quantitative estimate of drug-likeness (QED) is 0.616. The van der Waals surface area contributed by atoms with Gasteiger partial charge in [-0.3, -0.25) is 10.1 Å².